The van der Waals surface area contributed by atoms with Gasteiger partial charge in [0.1, 0.15) is 25.0 Å². The molecular formula is C15H22N3O7P. The van der Waals surface area contributed by atoms with Crippen LogP contribution in [0, 0.1) is 0 Å². The summed E-state index contributed by atoms with van der Waals surface area (Å²) in [6, 6.07) is 6.96. The number of benzene rings is 1. The van der Waals surface area contributed by atoms with Crippen molar-refractivity contribution in [3.05, 3.63) is 35.9 Å². The molecule has 11 heteroatoms. The minimum atomic E-state index is -4.38. The summed E-state index contributed by atoms with van der Waals surface area (Å²) in [4.78, 5) is 52.7. The van der Waals surface area contributed by atoms with E-state index in [9.17, 15) is 18.9 Å². The molecule has 144 valence electrons. The third-order valence-corrected chi connectivity index (χ3v) is 3.72. The van der Waals surface area contributed by atoms with Gasteiger partial charge in [-0.15, -0.1) is 0 Å². The lowest BCUT2D eigenvalue weighted by atomic mass is 10.2. The van der Waals surface area contributed by atoms with Gasteiger partial charge in [0.05, 0.1) is 0 Å². The van der Waals surface area contributed by atoms with E-state index in [0.29, 0.717) is 0 Å². The lowest BCUT2D eigenvalue weighted by Gasteiger charge is -2.18. The maximum Gasteiger partial charge on any atom is 0.408 e. The van der Waals surface area contributed by atoms with Crippen molar-refractivity contribution >= 4 is 25.5 Å². The van der Waals surface area contributed by atoms with Crippen molar-refractivity contribution in [2.45, 2.75) is 32.5 Å². The number of rotatable bonds is 8. The zero-order valence-electron chi connectivity index (χ0n) is 14.3. The smallest absolute Gasteiger partial charge is 0.408 e. The highest BCUT2D eigenvalue weighted by Gasteiger charge is 2.23. The first kappa shape index (κ1) is 21.6. The van der Waals surface area contributed by atoms with Crippen LogP contribution >= 0.6 is 7.60 Å². The maximum absolute atomic E-state index is 12.0. The van der Waals surface area contributed by atoms with Gasteiger partial charge in [-0.05, 0) is 19.4 Å². The fourth-order valence-corrected chi connectivity index (χ4v) is 2.11. The molecule has 0 spiro atoms. The van der Waals surface area contributed by atoms with Gasteiger partial charge in [-0.3, -0.25) is 14.2 Å². The van der Waals surface area contributed by atoms with Gasteiger partial charge < -0.3 is 30.5 Å². The molecule has 0 radical (unpaired) electrons. The lowest BCUT2D eigenvalue weighted by molar-refractivity contribution is -0.129. The summed E-state index contributed by atoms with van der Waals surface area (Å²) >= 11 is 0. The summed E-state index contributed by atoms with van der Waals surface area (Å²) in [7, 11) is -4.38. The van der Waals surface area contributed by atoms with Crippen LogP contribution in [-0.4, -0.2) is 46.1 Å². The molecule has 0 unspecified atom stereocenters. The summed E-state index contributed by atoms with van der Waals surface area (Å²) in [5.74, 6) is -1.42. The summed E-state index contributed by atoms with van der Waals surface area (Å²) in [6.07, 6.45) is -1.62. The zero-order chi connectivity index (χ0) is 19.7. The first-order chi connectivity index (χ1) is 12.1. The highest BCUT2D eigenvalue weighted by molar-refractivity contribution is 7.51. The fraction of sp³-hybridized carbons (Fsp3) is 0.400. The molecule has 1 aromatic rings. The van der Waals surface area contributed by atoms with E-state index in [0.717, 1.165) is 5.56 Å². The van der Waals surface area contributed by atoms with E-state index in [-0.39, 0.29) is 6.61 Å². The molecule has 0 aliphatic heterocycles. The molecule has 1 rings (SSSR count). The first-order valence-electron chi connectivity index (χ1n) is 7.68. The number of ether oxygens (including phenoxy) is 1. The number of nitrogens with one attached hydrogen (secondary N) is 3. The topological polar surface area (TPSA) is 154 Å². The molecule has 0 aliphatic carbocycles. The third-order valence-electron chi connectivity index (χ3n) is 3.15. The molecule has 0 aromatic heterocycles. The van der Waals surface area contributed by atoms with E-state index in [1.54, 1.807) is 24.3 Å². The molecule has 0 saturated carbocycles. The molecule has 0 fully saturated rings. The van der Waals surface area contributed by atoms with Crippen LogP contribution in [-0.2, 0) is 25.5 Å². The molecular weight excluding hydrogens is 365 g/mol. The maximum atomic E-state index is 12.0. The molecule has 0 aliphatic rings. The van der Waals surface area contributed by atoms with Crippen molar-refractivity contribution < 1.29 is 33.5 Å². The molecule has 26 heavy (non-hydrogen) atoms. The van der Waals surface area contributed by atoms with Gasteiger partial charge in [0.15, 0.2) is 0 Å². The Kier molecular flexibility index (Phi) is 8.24. The number of hydrogen-bond acceptors (Lipinski definition) is 5. The van der Waals surface area contributed by atoms with Gasteiger partial charge in [-0.2, -0.15) is 0 Å². The molecule has 10 nitrogen and oxygen atoms in total. The van der Waals surface area contributed by atoms with Crippen molar-refractivity contribution in [1.82, 2.24) is 16.0 Å². The predicted molar refractivity (Wildman–Crippen MR) is 91.9 cm³/mol. The third kappa shape index (κ3) is 8.61. The Labute approximate surface area is 150 Å². The highest BCUT2D eigenvalue weighted by Crippen LogP contribution is 2.31. The zero-order valence-corrected chi connectivity index (χ0v) is 15.2. The van der Waals surface area contributed by atoms with E-state index < -0.39 is 43.9 Å². The predicted octanol–water partition coefficient (Wildman–Crippen LogP) is 0.0574. The molecule has 0 saturated heterocycles. The van der Waals surface area contributed by atoms with E-state index >= 15 is 0 Å². The number of alkyl carbamates (subject to hydrolysis) is 1. The van der Waals surface area contributed by atoms with Crippen LogP contribution in [0.4, 0.5) is 4.79 Å². The Balaban J connectivity index is 2.37. The second-order valence-corrected chi connectivity index (χ2v) is 7.17. The summed E-state index contributed by atoms with van der Waals surface area (Å²) in [5, 5.41) is 6.66. The molecule has 5 N–H and O–H groups in total. The Hall–Kier alpha value is -2.42. The SMILES string of the molecule is C[C@H](NC(=O)OCc1ccccc1)C(=O)N[C@@H](C)C(=O)NCP(=O)(O)O. The van der Waals surface area contributed by atoms with Crippen LogP contribution in [0.5, 0.6) is 0 Å². The van der Waals surface area contributed by atoms with Crippen molar-refractivity contribution in [3.63, 3.8) is 0 Å². The van der Waals surface area contributed by atoms with Crippen molar-refractivity contribution in [1.29, 1.82) is 0 Å². The normalized spacial score (nSPS) is 13.2. The van der Waals surface area contributed by atoms with Crippen LogP contribution in [0.2, 0.25) is 0 Å². The molecule has 1 aromatic carbocycles. The van der Waals surface area contributed by atoms with Crippen LogP contribution < -0.4 is 16.0 Å². The average Bonchev–Trinajstić information content (AvgIpc) is 2.57. The van der Waals surface area contributed by atoms with E-state index in [1.165, 1.54) is 13.8 Å². The van der Waals surface area contributed by atoms with Crippen molar-refractivity contribution in [3.8, 4) is 0 Å². The number of amides is 3. The van der Waals surface area contributed by atoms with Gasteiger partial charge >= 0.3 is 13.7 Å². The minimum absolute atomic E-state index is 0.0438. The monoisotopic (exact) mass is 387 g/mol. The van der Waals surface area contributed by atoms with Crippen LogP contribution in [0.3, 0.4) is 0 Å². The Bertz CT molecular complexity index is 677. The van der Waals surface area contributed by atoms with Gasteiger partial charge in [0.25, 0.3) is 0 Å². The quantitative estimate of drug-likeness (QED) is 0.395. The van der Waals surface area contributed by atoms with E-state index in [4.69, 9.17) is 14.5 Å². The fourth-order valence-electron chi connectivity index (χ4n) is 1.75. The van der Waals surface area contributed by atoms with Gasteiger partial charge in [-0.1, -0.05) is 30.3 Å². The summed E-state index contributed by atoms with van der Waals surface area (Å²) < 4.78 is 15.7. The molecule has 0 heterocycles. The molecule has 2 atom stereocenters. The minimum Gasteiger partial charge on any atom is -0.445 e. The highest BCUT2D eigenvalue weighted by atomic mass is 31.2. The Morgan fingerprint density at radius 2 is 1.62 bits per heavy atom. The van der Waals surface area contributed by atoms with Crippen molar-refractivity contribution in [2.24, 2.45) is 0 Å². The lowest BCUT2D eigenvalue weighted by Crippen LogP contribution is -2.51. The second-order valence-electron chi connectivity index (χ2n) is 5.52. The summed E-state index contributed by atoms with van der Waals surface area (Å²) in [6.45, 7) is 2.79. The van der Waals surface area contributed by atoms with Gasteiger partial charge in [-0.25, -0.2) is 4.79 Å². The molecule has 3 amide bonds. The molecule has 0 bridgehead atoms. The first-order valence-corrected chi connectivity index (χ1v) is 9.48. The van der Waals surface area contributed by atoms with Crippen molar-refractivity contribution in [2.75, 3.05) is 6.29 Å². The van der Waals surface area contributed by atoms with Crippen LogP contribution in [0.15, 0.2) is 30.3 Å². The number of carbonyl (C=O) groups is 3. The summed E-state index contributed by atoms with van der Waals surface area (Å²) in [5.41, 5.74) is 0.787. The largest absolute Gasteiger partial charge is 0.445 e. The average molecular weight is 387 g/mol. The van der Waals surface area contributed by atoms with E-state index in [2.05, 4.69) is 10.6 Å². The van der Waals surface area contributed by atoms with Crippen LogP contribution in [0.1, 0.15) is 19.4 Å². The number of carbonyl (C=O) groups excluding carboxylic acids is 3. The standard InChI is InChI=1S/C15H22N3O7P/c1-10(13(19)16-9-26(22,23)24)17-14(20)11(2)18-15(21)25-8-12-6-4-3-5-7-12/h3-7,10-11H,8-9H2,1-2H3,(H,16,19)(H,17,20)(H,18,21)(H2,22,23,24)/t10-,11-/m0/s1. The van der Waals surface area contributed by atoms with Gasteiger partial charge in [0, 0.05) is 0 Å². The van der Waals surface area contributed by atoms with E-state index in [1.807, 2.05) is 11.4 Å². The van der Waals surface area contributed by atoms with Crippen LogP contribution in [0.25, 0.3) is 0 Å². The Morgan fingerprint density at radius 1 is 1.04 bits per heavy atom. The second kappa shape index (κ2) is 9.91. The number of hydrogen-bond donors (Lipinski definition) is 5. The Morgan fingerprint density at radius 3 is 2.19 bits per heavy atom. The van der Waals surface area contributed by atoms with Gasteiger partial charge in [0.2, 0.25) is 11.8 Å².